The Hall–Kier alpha value is -5.70. The van der Waals surface area contributed by atoms with Crippen molar-refractivity contribution in [1.29, 1.82) is 0 Å². The summed E-state index contributed by atoms with van der Waals surface area (Å²) in [6.45, 7) is 1.18. The van der Waals surface area contributed by atoms with Gasteiger partial charge in [0, 0.05) is 25.7 Å². The first-order valence-corrected chi connectivity index (χ1v) is 19.1. The molecule has 1 saturated carbocycles. The quantitative estimate of drug-likeness (QED) is 0.0849. The minimum absolute atomic E-state index is 0.0277. The molecule has 0 radical (unpaired) electrons. The normalized spacial score (nSPS) is 15.1. The van der Waals surface area contributed by atoms with Gasteiger partial charge in [0.1, 0.15) is 24.2 Å². The summed E-state index contributed by atoms with van der Waals surface area (Å²) in [4.78, 5) is 84.6. The van der Waals surface area contributed by atoms with E-state index in [0.29, 0.717) is 16.7 Å². The first-order chi connectivity index (χ1) is 27.4. The van der Waals surface area contributed by atoms with E-state index in [1.807, 2.05) is 0 Å². The van der Waals surface area contributed by atoms with Crippen molar-refractivity contribution in [3.63, 3.8) is 0 Å². The van der Waals surface area contributed by atoms with Gasteiger partial charge in [-0.1, -0.05) is 123 Å². The van der Waals surface area contributed by atoms with Gasteiger partial charge in [0.25, 0.3) is 5.91 Å². The predicted octanol–water partition coefficient (Wildman–Crippen LogP) is 4.52. The molecule has 4 atom stereocenters. The molecule has 3 aromatic rings. The molecule has 13 nitrogen and oxygen atoms in total. The van der Waals surface area contributed by atoms with Crippen molar-refractivity contribution >= 4 is 35.5 Å². The zero-order valence-electron chi connectivity index (χ0n) is 31.8. The Morgan fingerprint density at radius 2 is 1.21 bits per heavy atom. The summed E-state index contributed by atoms with van der Waals surface area (Å²) in [7, 11) is 0. The Morgan fingerprint density at radius 1 is 0.684 bits per heavy atom. The molecule has 1 fully saturated rings. The Morgan fingerprint density at radius 3 is 1.75 bits per heavy atom. The molecule has 6 N–H and O–H groups in total. The molecule has 0 unspecified atom stereocenters. The van der Waals surface area contributed by atoms with Gasteiger partial charge in [0.2, 0.25) is 30.1 Å². The summed E-state index contributed by atoms with van der Waals surface area (Å²) >= 11 is 0. The maximum atomic E-state index is 14.2. The van der Waals surface area contributed by atoms with E-state index >= 15 is 0 Å². The zero-order chi connectivity index (χ0) is 41.2. The number of carboxylic acid groups (broad SMARTS) is 1. The first-order valence-electron chi connectivity index (χ1n) is 19.1. The standard InChI is InChI=1S/C42H51F2N5O8/c1-27(50)45-38(37(30-18-10-4-11-19-30)31-20-12-5-13-21-31)42(56)46-32(22-23-36(51)52)39(53)47-33(24-28-14-6-2-7-15-28)40(54)48-34(25-35(43)44)41(55)49-57-26-29-16-8-3-9-17-29/h3-5,8-13,16-21,28,32-35,37-38H,2,6-7,14-15,22-26H2,1H3,(H,45,50)(H,46,56)(H,47,53)(H,48,54)(H,49,55)(H,51,52)/t32-,33-,34-,38-/m0/s1. The van der Waals surface area contributed by atoms with Crippen LogP contribution >= 0.6 is 0 Å². The van der Waals surface area contributed by atoms with Crippen molar-refractivity contribution in [2.45, 2.75) is 108 Å². The number of hydrogen-bond donors (Lipinski definition) is 6. The van der Waals surface area contributed by atoms with Crippen LogP contribution in [0.5, 0.6) is 0 Å². The van der Waals surface area contributed by atoms with Gasteiger partial charge >= 0.3 is 5.97 Å². The molecular formula is C42H51F2N5O8. The van der Waals surface area contributed by atoms with Gasteiger partial charge in [0.15, 0.2) is 0 Å². The van der Waals surface area contributed by atoms with Crippen molar-refractivity contribution in [2.24, 2.45) is 5.92 Å². The highest BCUT2D eigenvalue weighted by Gasteiger charge is 2.36. The lowest BCUT2D eigenvalue weighted by Gasteiger charge is -2.31. The fraction of sp³-hybridized carbons (Fsp3) is 0.429. The maximum Gasteiger partial charge on any atom is 0.303 e. The number of halogens is 2. The van der Waals surface area contributed by atoms with Gasteiger partial charge in [-0.05, 0) is 35.4 Å². The molecule has 0 heterocycles. The molecule has 0 bridgehead atoms. The summed E-state index contributed by atoms with van der Waals surface area (Å²) in [5.41, 5.74) is 4.18. The second-order valence-electron chi connectivity index (χ2n) is 14.2. The second-order valence-corrected chi connectivity index (χ2v) is 14.2. The number of hydrogen-bond acceptors (Lipinski definition) is 7. The van der Waals surface area contributed by atoms with Gasteiger partial charge in [-0.25, -0.2) is 14.3 Å². The monoisotopic (exact) mass is 791 g/mol. The Kier molecular flexibility index (Phi) is 17.6. The van der Waals surface area contributed by atoms with E-state index in [2.05, 4.69) is 26.7 Å². The SMILES string of the molecule is CC(=O)N[C@H](C(=O)N[C@@H](CCC(=O)O)C(=O)N[C@@H](CC1CCCCC1)C(=O)N[C@@H](CC(F)F)C(=O)NOCc1ccccc1)C(c1ccccc1)c1ccccc1. The number of carbonyl (C=O) groups excluding carboxylic acids is 5. The molecule has 0 aliphatic heterocycles. The van der Waals surface area contributed by atoms with Gasteiger partial charge < -0.3 is 26.4 Å². The summed E-state index contributed by atoms with van der Waals surface area (Å²) < 4.78 is 27.4. The lowest BCUT2D eigenvalue weighted by atomic mass is 9.84. The molecule has 5 amide bonds. The first kappa shape index (κ1) is 44.0. The number of carboxylic acids is 1. The van der Waals surface area contributed by atoms with E-state index in [1.165, 1.54) is 6.92 Å². The van der Waals surface area contributed by atoms with E-state index in [4.69, 9.17) is 4.84 Å². The number of alkyl halides is 2. The number of nitrogens with one attached hydrogen (secondary N) is 5. The van der Waals surface area contributed by atoms with E-state index in [-0.39, 0.29) is 25.4 Å². The summed E-state index contributed by atoms with van der Waals surface area (Å²) in [5.74, 6) is -6.16. The maximum absolute atomic E-state index is 14.2. The molecule has 3 aromatic carbocycles. The predicted molar refractivity (Wildman–Crippen MR) is 206 cm³/mol. The van der Waals surface area contributed by atoms with Gasteiger partial charge in [-0.2, -0.15) is 0 Å². The van der Waals surface area contributed by atoms with E-state index < -0.39 is 84.9 Å². The average Bonchev–Trinajstić information content (AvgIpc) is 3.19. The Labute approximate surface area is 330 Å². The smallest absolute Gasteiger partial charge is 0.303 e. The van der Waals surface area contributed by atoms with Crippen LogP contribution in [0.15, 0.2) is 91.0 Å². The lowest BCUT2D eigenvalue weighted by molar-refractivity contribution is -0.141. The highest BCUT2D eigenvalue weighted by atomic mass is 19.3. The van der Waals surface area contributed by atoms with Crippen LogP contribution in [0, 0.1) is 5.92 Å². The molecule has 0 saturated heterocycles. The van der Waals surface area contributed by atoms with Crippen molar-refractivity contribution in [3.05, 3.63) is 108 Å². The van der Waals surface area contributed by atoms with Crippen molar-refractivity contribution in [2.75, 3.05) is 0 Å². The minimum atomic E-state index is -2.98. The molecule has 57 heavy (non-hydrogen) atoms. The third-order valence-electron chi connectivity index (χ3n) is 9.80. The van der Waals surface area contributed by atoms with Crippen LogP contribution in [-0.4, -0.2) is 71.2 Å². The molecule has 4 rings (SSSR count). The van der Waals surface area contributed by atoms with Gasteiger partial charge in [-0.3, -0.25) is 33.6 Å². The highest BCUT2D eigenvalue weighted by molar-refractivity contribution is 5.96. The van der Waals surface area contributed by atoms with Crippen LogP contribution in [0.4, 0.5) is 8.78 Å². The largest absolute Gasteiger partial charge is 0.481 e. The number of aliphatic carboxylic acids is 1. The summed E-state index contributed by atoms with van der Waals surface area (Å²) in [6.07, 6.45) is -0.600. The number of rotatable bonds is 21. The number of carbonyl (C=O) groups is 6. The lowest BCUT2D eigenvalue weighted by Crippen LogP contribution is -2.59. The molecule has 0 spiro atoms. The third-order valence-corrected chi connectivity index (χ3v) is 9.80. The van der Waals surface area contributed by atoms with Crippen molar-refractivity contribution in [1.82, 2.24) is 26.7 Å². The van der Waals surface area contributed by atoms with Crippen LogP contribution in [0.3, 0.4) is 0 Å². The van der Waals surface area contributed by atoms with E-state index in [9.17, 15) is 42.7 Å². The fourth-order valence-electron chi connectivity index (χ4n) is 6.99. The van der Waals surface area contributed by atoms with Crippen LogP contribution in [-0.2, 0) is 40.2 Å². The van der Waals surface area contributed by atoms with E-state index in [0.717, 1.165) is 32.1 Å². The number of hydroxylamine groups is 1. The minimum Gasteiger partial charge on any atom is -0.481 e. The molecule has 1 aliphatic rings. The Balaban J connectivity index is 1.58. The summed E-state index contributed by atoms with van der Waals surface area (Å²) in [6, 6.07) is 20.8. The van der Waals surface area contributed by atoms with E-state index in [1.54, 1.807) is 91.0 Å². The number of benzene rings is 3. The topological polar surface area (TPSA) is 192 Å². The molecule has 306 valence electrons. The average molecular weight is 792 g/mol. The van der Waals surface area contributed by atoms with Gasteiger partial charge in [-0.15, -0.1) is 0 Å². The fourth-order valence-corrected chi connectivity index (χ4v) is 6.99. The molecular weight excluding hydrogens is 740 g/mol. The van der Waals surface area contributed by atoms with Crippen molar-refractivity contribution in [3.8, 4) is 0 Å². The molecule has 1 aliphatic carbocycles. The second kappa shape index (κ2) is 22.8. The highest BCUT2D eigenvalue weighted by Crippen LogP contribution is 2.29. The van der Waals surface area contributed by atoms with Crippen LogP contribution in [0.2, 0.25) is 0 Å². The van der Waals surface area contributed by atoms with Crippen LogP contribution < -0.4 is 26.7 Å². The van der Waals surface area contributed by atoms with Gasteiger partial charge in [0.05, 0.1) is 6.61 Å². The zero-order valence-corrected chi connectivity index (χ0v) is 31.8. The third kappa shape index (κ3) is 14.7. The summed E-state index contributed by atoms with van der Waals surface area (Å²) in [5, 5.41) is 19.9. The van der Waals surface area contributed by atoms with Crippen LogP contribution in [0.25, 0.3) is 0 Å². The number of amides is 5. The molecule has 15 heteroatoms. The molecule has 0 aromatic heterocycles. The van der Waals surface area contributed by atoms with Crippen molar-refractivity contribution < 1.29 is 47.5 Å². The van der Waals surface area contributed by atoms with Crippen LogP contribution in [0.1, 0.15) is 87.3 Å². The Bertz CT molecular complexity index is 1720.